The fourth-order valence-electron chi connectivity index (χ4n) is 1.65. The summed E-state index contributed by atoms with van der Waals surface area (Å²) in [5.41, 5.74) is 0.136. The summed E-state index contributed by atoms with van der Waals surface area (Å²) < 4.78 is 37.3. The van der Waals surface area contributed by atoms with E-state index in [-0.39, 0.29) is 18.4 Å². The van der Waals surface area contributed by atoms with Crippen molar-refractivity contribution in [2.24, 2.45) is 0 Å². The van der Waals surface area contributed by atoms with Gasteiger partial charge in [-0.1, -0.05) is 25.1 Å². The summed E-state index contributed by atoms with van der Waals surface area (Å²) in [6.07, 6.45) is -3.64. The topological polar surface area (TPSA) is 12.0 Å². The van der Waals surface area contributed by atoms with Gasteiger partial charge in [-0.2, -0.15) is 13.2 Å². The van der Waals surface area contributed by atoms with Crippen molar-refractivity contribution in [3.8, 4) is 0 Å². The van der Waals surface area contributed by atoms with Crippen LogP contribution in [-0.4, -0.2) is 12.6 Å². The second kappa shape index (κ2) is 6.87. The van der Waals surface area contributed by atoms with Gasteiger partial charge in [0.1, 0.15) is 0 Å². The largest absolute Gasteiger partial charge is 1.00 e. The minimum Gasteiger partial charge on any atom is -1.00 e. The summed E-state index contributed by atoms with van der Waals surface area (Å²) in [6, 6.07) is 5.68. The van der Waals surface area contributed by atoms with E-state index < -0.39 is 11.7 Å². The summed E-state index contributed by atoms with van der Waals surface area (Å²) in [7, 11) is 0. The summed E-state index contributed by atoms with van der Waals surface area (Å²) in [5, 5.41) is 3.17. The quantitative estimate of drug-likeness (QED) is 0.824. The third kappa shape index (κ3) is 5.41. The molecule has 1 unspecified atom stereocenters. The highest BCUT2D eigenvalue weighted by atomic mass is 35.5. The summed E-state index contributed by atoms with van der Waals surface area (Å²) >= 11 is 0. The molecule has 98 valence electrons. The first kappa shape index (κ1) is 16.3. The van der Waals surface area contributed by atoms with Gasteiger partial charge in [-0.15, -0.1) is 0 Å². The number of benzene rings is 1. The zero-order valence-corrected chi connectivity index (χ0v) is 10.6. The highest BCUT2D eigenvalue weighted by molar-refractivity contribution is 5.26. The Hall–Kier alpha value is -0.740. The van der Waals surface area contributed by atoms with E-state index in [4.69, 9.17) is 0 Å². The van der Waals surface area contributed by atoms with E-state index >= 15 is 0 Å². The Bertz CT molecular complexity index is 339. The Morgan fingerprint density at radius 1 is 1.29 bits per heavy atom. The SMILES string of the molecule is CCNC(C)Cc1cccc(C(F)(F)F)c1.[Cl-]. The molecule has 0 spiro atoms. The summed E-state index contributed by atoms with van der Waals surface area (Å²) in [6.45, 7) is 4.76. The maximum absolute atomic E-state index is 12.4. The van der Waals surface area contributed by atoms with Crippen molar-refractivity contribution in [2.45, 2.75) is 32.5 Å². The van der Waals surface area contributed by atoms with Crippen molar-refractivity contribution in [3.63, 3.8) is 0 Å². The van der Waals surface area contributed by atoms with Gasteiger partial charge >= 0.3 is 6.18 Å². The van der Waals surface area contributed by atoms with E-state index in [0.717, 1.165) is 12.6 Å². The normalized spacial score (nSPS) is 13.0. The zero-order valence-electron chi connectivity index (χ0n) is 9.81. The van der Waals surface area contributed by atoms with E-state index in [2.05, 4.69) is 5.32 Å². The van der Waals surface area contributed by atoms with Gasteiger partial charge in [-0.05, 0) is 31.5 Å². The van der Waals surface area contributed by atoms with Crippen LogP contribution in [0.15, 0.2) is 24.3 Å². The molecule has 0 aliphatic carbocycles. The van der Waals surface area contributed by atoms with Gasteiger partial charge in [0.25, 0.3) is 0 Å². The predicted molar refractivity (Wildman–Crippen MR) is 58.3 cm³/mol. The van der Waals surface area contributed by atoms with Gasteiger partial charge in [0.2, 0.25) is 0 Å². The minimum atomic E-state index is -4.25. The van der Waals surface area contributed by atoms with Crippen LogP contribution in [0.1, 0.15) is 25.0 Å². The lowest BCUT2D eigenvalue weighted by Crippen LogP contribution is -3.00. The van der Waals surface area contributed by atoms with Crippen LogP contribution in [0.25, 0.3) is 0 Å². The second-order valence-electron chi connectivity index (χ2n) is 3.86. The molecule has 0 aliphatic heterocycles. The molecule has 17 heavy (non-hydrogen) atoms. The zero-order chi connectivity index (χ0) is 12.2. The number of hydrogen-bond acceptors (Lipinski definition) is 1. The van der Waals surface area contributed by atoms with E-state index in [0.29, 0.717) is 12.0 Å². The minimum absolute atomic E-state index is 0. The van der Waals surface area contributed by atoms with Crippen LogP contribution in [0.5, 0.6) is 0 Å². The molecule has 0 bridgehead atoms. The maximum atomic E-state index is 12.4. The maximum Gasteiger partial charge on any atom is 0.416 e. The highest BCUT2D eigenvalue weighted by Gasteiger charge is 2.30. The summed E-state index contributed by atoms with van der Waals surface area (Å²) in [4.78, 5) is 0. The average Bonchev–Trinajstić information content (AvgIpc) is 2.17. The number of alkyl halides is 3. The molecule has 0 heterocycles. The first-order chi connectivity index (χ1) is 7.43. The van der Waals surface area contributed by atoms with Crippen molar-refractivity contribution in [1.82, 2.24) is 5.32 Å². The molecule has 1 rings (SSSR count). The lowest BCUT2D eigenvalue weighted by atomic mass is 10.0. The number of halogens is 4. The molecule has 0 aliphatic rings. The third-order valence-corrected chi connectivity index (χ3v) is 2.35. The molecule has 0 aromatic heterocycles. The Morgan fingerprint density at radius 2 is 1.94 bits per heavy atom. The predicted octanol–water partition coefficient (Wildman–Crippen LogP) is 0.250. The lowest BCUT2D eigenvalue weighted by molar-refractivity contribution is -0.137. The number of nitrogens with one attached hydrogen (secondary N) is 1. The van der Waals surface area contributed by atoms with Crippen LogP contribution >= 0.6 is 0 Å². The van der Waals surface area contributed by atoms with E-state index in [1.807, 2.05) is 13.8 Å². The molecule has 0 saturated heterocycles. The molecule has 0 amide bonds. The molecule has 1 atom stereocenters. The van der Waals surface area contributed by atoms with Crippen molar-refractivity contribution in [1.29, 1.82) is 0 Å². The standard InChI is InChI=1S/C12H16F3N.ClH/c1-3-16-9(2)7-10-5-4-6-11(8-10)12(13,14)15;/h4-6,8-9,16H,3,7H2,1-2H3;1H/p-1. The van der Waals surface area contributed by atoms with Gasteiger partial charge in [0.15, 0.2) is 0 Å². The van der Waals surface area contributed by atoms with E-state index in [1.165, 1.54) is 12.1 Å². The first-order valence-corrected chi connectivity index (χ1v) is 5.33. The molecule has 5 heteroatoms. The molecule has 1 nitrogen and oxygen atoms in total. The van der Waals surface area contributed by atoms with Crippen LogP contribution in [0.3, 0.4) is 0 Å². The lowest BCUT2D eigenvalue weighted by Gasteiger charge is -2.13. The Kier molecular flexibility index (Phi) is 6.57. The van der Waals surface area contributed by atoms with Gasteiger partial charge in [-0.3, -0.25) is 0 Å². The molecule has 1 aromatic carbocycles. The van der Waals surface area contributed by atoms with Gasteiger partial charge < -0.3 is 17.7 Å². The molecule has 0 saturated carbocycles. The summed E-state index contributed by atoms with van der Waals surface area (Å²) in [5.74, 6) is 0. The Balaban J connectivity index is 0.00000256. The number of rotatable bonds is 4. The van der Waals surface area contributed by atoms with Crippen molar-refractivity contribution >= 4 is 0 Å². The van der Waals surface area contributed by atoms with Crippen LogP contribution in [-0.2, 0) is 12.6 Å². The van der Waals surface area contributed by atoms with Crippen LogP contribution in [0.2, 0.25) is 0 Å². The molecule has 1 N–H and O–H groups in total. The molecule has 1 aromatic rings. The van der Waals surface area contributed by atoms with Gasteiger partial charge in [0, 0.05) is 6.04 Å². The highest BCUT2D eigenvalue weighted by Crippen LogP contribution is 2.29. The first-order valence-electron chi connectivity index (χ1n) is 5.33. The molecule has 0 fully saturated rings. The molecular weight excluding hydrogens is 251 g/mol. The number of hydrogen-bond donors (Lipinski definition) is 1. The molecular formula is C12H16ClF3N-. The fraction of sp³-hybridized carbons (Fsp3) is 0.500. The molecule has 0 radical (unpaired) electrons. The fourth-order valence-corrected chi connectivity index (χ4v) is 1.65. The van der Waals surface area contributed by atoms with Crippen LogP contribution in [0, 0.1) is 0 Å². The van der Waals surface area contributed by atoms with Crippen molar-refractivity contribution in [3.05, 3.63) is 35.4 Å². The van der Waals surface area contributed by atoms with Crippen molar-refractivity contribution < 1.29 is 25.6 Å². The smallest absolute Gasteiger partial charge is 0.416 e. The van der Waals surface area contributed by atoms with Crippen molar-refractivity contribution in [2.75, 3.05) is 6.54 Å². The third-order valence-electron chi connectivity index (χ3n) is 2.35. The Labute approximate surface area is 106 Å². The van der Waals surface area contributed by atoms with Crippen LogP contribution in [0.4, 0.5) is 13.2 Å². The van der Waals surface area contributed by atoms with Gasteiger partial charge in [0.05, 0.1) is 5.56 Å². The van der Waals surface area contributed by atoms with Crippen LogP contribution < -0.4 is 17.7 Å². The van der Waals surface area contributed by atoms with Gasteiger partial charge in [-0.25, -0.2) is 0 Å². The second-order valence-corrected chi connectivity index (χ2v) is 3.86. The number of likely N-dealkylation sites (N-methyl/N-ethyl adjacent to an activating group) is 1. The van der Waals surface area contributed by atoms with E-state index in [9.17, 15) is 13.2 Å². The monoisotopic (exact) mass is 266 g/mol. The Morgan fingerprint density at radius 3 is 2.47 bits per heavy atom. The van der Waals surface area contributed by atoms with E-state index in [1.54, 1.807) is 6.07 Å². The average molecular weight is 267 g/mol.